The van der Waals surface area contributed by atoms with Crippen LogP contribution in [0.25, 0.3) is 0 Å². The summed E-state index contributed by atoms with van der Waals surface area (Å²) >= 11 is 3.61. The number of rotatable bonds is 2. The van der Waals surface area contributed by atoms with Gasteiger partial charge < -0.3 is 10.5 Å². The van der Waals surface area contributed by atoms with E-state index < -0.39 is 0 Å². The van der Waals surface area contributed by atoms with Gasteiger partial charge in [0, 0.05) is 16.1 Å². The van der Waals surface area contributed by atoms with Crippen molar-refractivity contribution in [3.8, 4) is 5.75 Å². The van der Waals surface area contributed by atoms with Gasteiger partial charge in [-0.1, -0.05) is 22.4 Å². The lowest BCUT2D eigenvalue weighted by atomic mass is 9.99. The third-order valence-corrected chi connectivity index (χ3v) is 3.81. The molecule has 1 aromatic carbocycles. The molecular weight excluding hydrogens is 266 g/mol. The molecule has 0 saturated carbocycles. The van der Waals surface area contributed by atoms with Crippen LogP contribution < -0.4 is 10.5 Å². The van der Waals surface area contributed by atoms with E-state index in [4.69, 9.17) is 10.5 Å². The van der Waals surface area contributed by atoms with Gasteiger partial charge in [0.05, 0.1) is 6.61 Å². The molecule has 1 aliphatic rings. The van der Waals surface area contributed by atoms with Crippen molar-refractivity contribution in [3.63, 3.8) is 0 Å². The molecule has 0 fully saturated rings. The van der Waals surface area contributed by atoms with Crippen molar-refractivity contribution < 1.29 is 4.74 Å². The van der Waals surface area contributed by atoms with Crippen LogP contribution in [0.5, 0.6) is 5.75 Å². The molecule has 2 N–H and O–H groups in total. The molecule has 2 rings (SSSR count). The molecule has 0 aliphatic heterocycles. The highest BCUT2D eigenvalue weighted by Crippen LogP contribution is 2.37. The second kappa shape index (κ2) is 5.19. The molecule has 1 aliphatic carbocycles. The molecule has 1 aromatic rings. The van der Waals surface area contributed by atoms with E-state index in [-0.39, 0.29) is 6.04 Å². The SMILES string of the molecule is CCOc1ccc(Br)c2c1CCCCC2N. The van der Waals surface area contributed by atoms with Crippen LogP contribution in [0.15, 0.2) is 16.6 Å². The van der Waals surface area contributed by atoms with Crippen molar-refractivity contribution in [1.82, 2.24) is 0 Å². The van der Waals surface area contributed by atoms with E-state index in [0.29, 0.717) is 6.61 Å². The maximum absolute atomic E-state index is 6.23. The zero-order valence-electron chi connectivity index (χ0n) is 9.63. The summed E-state index contributed by atoms with van der Waals surface area (Å²) in [5.74, 6) is 1.01. The highest BCUT2D eigenvalue weighted by Gasteiger charge is 2.21. The Labute approximate surface area is 105 Å². The number of ether oxygens (including phenoxy) is 1. The lowest BCUT2D eigenvalue weighted by molar-refractivity contribution is 0.336. The molecule has 16 heavy (non-hydrogen) atoms. The summed E-state index contributed by atoms with van der Waals surface area (Å²) in [6.07, 6.45) is 4.56. The lowest BCUT2D eigenvalue weighted by Crippen LogP contribution is -2.12. The summed E-state index contributed by atoms with van der Waals surface area (Å²) in [5, 5.41) is 0. The molecule has 0 aromatic heterocycles. The minimum absolute atomic E-state index is 0.146. The zero-order chi connectivity index (χ0) is 11.5. The number of hydrogen-bond donors (Lipinski definition) is 1. The Morgan fingerprint density at radius 3 is 3.00 bits per heavy atom. The maximum Gasteiger partial charge on any atom is 0.122 e. The van der Waals surface area contributed by atoms with Crippen LogP contribution in [0, 0.1) is 0 Å². The van der Waals surface area contributed by atoms with Gasteiger partial charge in [-0.25, -0.2) is 0 Å². The first-order chi connectivity index (χ1) is 7.74. The molecule has 2 nitrogen and oxygen atoms in total. The van der Waals surface area contributed by atoms with Gasteiger partial charge in [0.25, 0.3) is 0 Å². The van der Waals surface area contributed by atoms with Gasteiger partial charge in [-0.05, 0) is 43.9 Å². The molecule has 0 spiro atoms. The van der Waals surface area contributed by atoms with Crippen LogP contribution in [-0.2, 0) is 6.42 Å². The molecule has 0 radical (unpaired) electrons. The third-order valence-electron chi connectivity index (χ3n) is 3.12. The summed E-state index contributed by atoms with van der Waals surface area (Å²) in [6, 6.07) is 4.24. The van der Waals surface area contributed by atoms with E-state index in [1.807, 2.05) is 13.0 Å². The first-order valence-electron chi connectivity index (χ1n) is 5.93. The molecule has 1 unspecified atom stereocenters. The fourth-order valence-electron chi connectivity index (χ4n) is 2.38. The minimum atomic E-state index is 0.146. The van der Waals surface area contributed by atoms with E-state index in [1.54, 1.807) is 0 Å². The molecule has 88 valence electrons. The molecule has 1 atom stereocenters. The molecule has 0 heterocycles. The fraction of sp³-hybridized carbons (Fsp3) is 0.538. The Hall–Kier alpha value is -0.540. The lowest BCUT2D eigenvalue weighted by Gasteiger charge is -2.18. The highest BCUT2D eigenvalue weighted by molar-refractivity contribution is 9.10. The van der Waals surface area contributed by atoms with Crippen LogP contribution >= 0.6 is 15.9 Å². The van der Waals surface area contributed by atoms with Gasteiger partial charge in [-0.2, -0.15) is 0 Å². The van der Waals surface area contributed by atoms with Gasteiger partial charge in [-0.15, -0.1) is 0 Å². The average Bonchev–Trinajstić information content (AvgIpc) is 2.46. The Balaban J connectivity index is 2.48. The van der Waals surface area contributed by atoms with Gasteiger partial charge in [0.2, 0.25) is 0 Å². The minimum Gasteiger partial charge on any atom is -0.494 e. The Morgan fingerprint density at radius 1 is 1.44 bits per heavy atom. The standard InChI is InChI=1S/C13H18BrNO/c1-2-16-12-8-7-10(14)13-9(12)5-3-4-6-11(13)15/h7-8,11H,2-6,15H2,1H3. The normalized spacial score (nSPS) is 20.1. The molecule has 3 heteroatoms. The number of fused-ring (bicyclic) bond motifs is 1. The van der Waals surface area contributed by atoms with Gasteiger partial charge in [0.1, 0.15) is 5.75 Å². The Kier molecular flexibility index (Phi) is 3.87. The van der Waals surface area contributed by atoms with Crippen LogP contribution in [0.3, 0.4) is 0 Å². The van der Waals surface area contributed by atoms with Gasteiger partial charge >= 0.3 is 0 Å². The van der Waals surface area contributed by atoms with E-state index >= 15 is 0 Å². The first-order valence-corrected chi connectivity index (χ1v) is 6.73. The quantitative estimate of drug-likeness (QED) is 0.842. The molecule has 0 saturated heterocycles. The average molecular weight is 284 g/mol. The van der Waals surface area contributed by atoms with Crippen LogP contribution in [0.1, 0.15) is 43.4 Å². The second-order valence-electron chi connectivity index (χ2n) is 4.22. The topological polar surface area (TPSA) is 35.2 Å². The smallest absolute Gasteiger partial charge is 0.122 e. The maximum atomic E-state index is 6.23. The molecule has 0 amide bonds. The number of nitrogens with two attached hydrogens (primary N) is 1. The molecular formula is C13H18BrNO. The highest BCUT2D eigenvalue weighted by atomic mass is 79.9. The van der Waals surface area contributed by atoms with Crippen LogP contribution in [-0.4, -0.2) is 6.61 Å². The number of benzene rings is 1. The number of hydrogen-bond acceptors (Lipinski definition) is 2. The van der Waals surface area contributed by atoms with Crippen molar-refractivity contribution in [2.24, 2.45) is 5.73 Å². The van der Waals surface area contributed by atoms with E-state index in [9.17, 15) is 0 Å². The van der Waals surface area contributed by atoms with Gasteiger partial charge in [0.15, 0.2) is 0 Å². The van der Waals surface area contributed by atoms with Gasteiger partial charge in [-0.3, -0.25) is 0 Å². The zero-order valence-corrected chi connectivity index (χ0v) is 11.2. The van der Waals surface area contributed by atoms with E-state index in [0.717, 1.165) is 23.1 Å². The van der Waals surface area contributed by atoms with Crippen molar-refractivity contribution in [2.45, 2.75) is 38.6 Å². The Bertz CT molecular complexity index is 378. The van der Waals surface area contributed by atoms with E-state index in [2.05, 4.69) is 22.0 Å². The van der Waals surface area contributed by atoms with Crippen LogP contribution in [0.2, 0.25) is 0 Å². The number of halogens is 1. The largest absolute Gasteiger partial charge is 0.494 e. The monoisotopic (exact) mass is 283 g/mol. The van der Waals surface area contributed by atoms with Crippen molar-refractivity contribution in [2.75, 3.05) is 6.61 Å². The summed E-state index contributed by atoms with van der Waals surface area (Å²) in [6.45, 7) is 2.73. The van der Waals surface area contributed by atoms with Crippen molar-refractivity contribution in [3.05, 3.63) is 27.7 Å². The summed E-state index contributed by atoms with van der Waals surface area (Å²) in [4.78, 5) is 0. The second-order valence-corrected chi connectivity index (χ2v) is 5.08. The summed E-state index contributed by atoms with van der Waals surface area (Å²) < 4.78 is 6.81. The molecule has 0 bridgehead atoms. The predicted molar refractivity (Wildman–Crippen MR) is 69.8 cm³/mol. The van der Waals surface area contributed by atoms with Crippen LogP contribution in [0.4, 0.5) is 0 Å². The van der Waals surface area contributed by atoms with E-state index in [1.165, 1.54) is 24.0 Å². The summed E-state index contributed by atoms with van der Waals surface area (Å²) in [5.41, 5.74) is 8.79. The van der Waals surface area contributed by atoms with Crippen molar-refractivity contribution >= 4 is 15.9 Å². The van der Waals surface area contributed by atoms with Crippen molar-refractivity contribution in [1.29, 1.82) is 0 Å². The first kappa shape index (κ1) is 11.9. The Morgan fingerprint density at radius 2 is 2.25 bits per heavy atom. The predicted octanol–water partition coefficient (Wildman–Crippen LogP) is 3.57. The fourth-order valence-corrected chi connectivity index (χ4v) is 3.04. The third kappa shape index (κ3) is 2.25. The summed E-state index contributed by atoms with van der Waals surface area (Å²) in [7, 11) is 0.